The topological polar surface area (TPSA) is 22.1 Å². The Bertz CT molecular complexity index is 160. The van der Waals surface area contributed by atoms with Gasteiger partial charge in [-0.1, -0.05) is 0 Å². The zero-order chi connectivity index (χ0) is 6.69. The van der Waals surface area contributed by atoms with Crippen molar-refractivity contribution in [2.45, 2.75) is 20.0 Å². The van der Waals surface area contributed by atoms with Gasteiger partial charge in [0.1, 0.15) is 0 Å². The van der Waals surface area contributed by atoms with Crippen LogP contribution in [0.1, 0.15) is 13.8 Å². The molecule has 0 aromatic carbocycles. The molecule has 50 valence electrons. The number of hydrogen-bond donors (Lipinski definition) is 0. The van der Waals surface area contributed by atoms with Crippen molar-refractivity contribution >= 4 is 11.3 Å². The summed E-state index contributed by atoms with van der Waals surface area (Å²) in [6.07, 6.45) is 0.229. The second-order valence-corrected chi connectivity index (χ2v) is 2.71. The molecule has 1 rings (SSSR count). The van der Waals surface area contributed by atoms with Gasteiger partial charge in [-0.05, 0) is 13.8 Å². The summed E-state index contributed by atoms with van der Waals surface area (Å²) in [5, 5.41) is 1.89. The molecule has 0 amide bonds. The second-order valence-electron chi connectivity index (χ2n) is 1.99. The number of ether oxygens (including phenoxy) is 1. The molecule has 3 heteroatoms. The molecule has 0 saturated heterocycles. The Morgan fingerprint density at radius 1 is 1.67 bits per heavy atom. The summed E-state index contributed by atoms with van der Waals surface area (Å²) in [4.78, 5) is 3.95. The SMILES string of the molecule is CC(C)Oc1cscn1. The lowest BCUT2D eigenvalue weighted by molar-refractivity contribution is 0.234. The van der Waals surface area contributed by atoms with Crippen molar-refractivity contribution in [1.29, 1.82) is 0 Å². The third kappa shape index (κ3) is 2.01. The van der Waals surface area contributed by atoms with Gasteiger partial charge in [-0.2, -0.15) is 0 Å². The van der Waals surface area contributed by atoms with Crippen LogP contribution in [0.15, 0.2) is 10.9 Å². The van der Waals surface area contributed by atoms with Crippen LogP contribution in [0.5, 0.6) is 5.88 Å². The Morgan fingerprint density at radius 2 is 2.44 bits per heavy atom. The fourth-order valence-corrected chi connectivity index (χ4v) is 0.960. The average molecular weight is 143 g/mol. The predicted molar refractivity (Wildman–Crippen MR) is 37.9 cm³/mol. The molecular weight excluding hydrogens is 134 g/mol. The number of aromatic nitrogens is 1. The van der Waals surface area contributed by atoms with E-state index < -0.39 is 0 Å². The van der Waals surface area contributed by atoms with E-state index in [4.69, 9.17) is 4.74 Å². The van der Waals surface area contributed by atoms with Gasteiger partial charge in [0.05, 0.1) is 17.0 Å². The van der Waals surface area contributed by atoms with Crippen LogP contribution in [-0.2, 0) is 0 Å². The van der Waals surface area contributed by atoms with E-state index in [0.717, 1.165) is 5.88 Å². The van der Waals surface area contributed by atoms with E-state index in [1.54, 1.807) is 16.8 Å². The smallest absolute Gasteiger partial charge is 0.224 e. The maximum absolute atomic E-state index is 5.25. The number of hydrogen-bond acceptors (Lipinski definition) is 3. The lowest BCUT2D eigenvalue weighted by atomic mass is 10.5. The summed E-state index contributed by atoms with van der Waals surface area (Å²) in [5.41, 5.74) is 1.76. The van der Waals surface area contributed by atoms with Crippen LogP contribution < -0.4 is 4.74 Å². The first kappa shape index (κ1) is 6.55. The first-order valence-corrected chi connectivity index (χ1v) is 3.78. The number of thiazole rings is 1. The summed E-state index contributed by atoms with van der Waals surface area (Å²) in [6, 6.07) is 0. The quantitative estimate of drug-likeness (QED) is 0.631. The van der Waals surface area contributed by atoms with Crippen molar-refractivity contribution in [3.05, 3.63) is 10.9 Å². The standard InChI is InChI=1S/C6H9NOS/c1-5(2)8-6-3-9-4-7-6/h3-5H,1-2H3. The van der Waals surface area contributed by atoms with Crippen LogP contribution in [0.4, 0.5) is 0 Å². The summed E-state index contributed by atoms with van der Waals surface area (Å²) < 4.78 is 5.25. The molecule has 0 saturated carbocycles. The molecule has 0 aliphatic rings. The van der Waals surface area contributed by atoms with Gasteiger partial charge in [0.15, 0.2) is 0 Å². The van der Waals surface area contributed by atoms with Gasteiger partial charge < -0.3 is 4.74 Å². The Hall–Kier alpha value is -0.570. The van der Waals surface area contributed by atoms with Gasteiger partial charge in [-0.15, -0.1) is 11.3 Å². The molecule has 0 N–H and O–H groups in total. The summed E-state index contributed by atoms with van der Waals surface area (Å²) in [5.74, 6) is 0.731. The Balaban J connectivity index is 2.48. The first-order valence-electron chi connectivity index (χ1n) is 2.84. The maximum atomic E-state index is 5.25. The molecule has 0 aliphatic heterocycles. The minimum absolute atomic E-state index is 0.229. The molecule has 0 atom stereocenters. The molecule has 9 heavy (non-hydrogen) atoms. The summed E-state index contributed by atoms with van der Waals surface area (Å²) in [6.45, 7) is 3.97. The van der Waals surface area contributed by atoms with Crippen LogP contribution in [-0.4, -0.2) is 11.1 Å². The van der Waals surface area contributed by atoms with E-state index in [0.29, 0.717) is 0 Å². The van der Waals surface area contributed by atoms with Crippen molar-refractivity contribution in [2.24, 2.45) is 0 Å². The molecule has 1 heterocycles. The van der Waals surface area contributed by atoms with Crippen molar-refractivity contribution in [3.8, 4) is 5.88 Å². The zero-order valence-corrected chi connectivity index (χ0v) is 6.31. The van der Waals surface area contributed by atoms with Crippen molar-refractivity contribution < 1.29 is 4.74 Å². The van der Waals surface area contributed by atoms with Crippen LogP contribution in [0.2, 0.25) is 0 Å². The lowest BCUT2D eigenvalue weighted by Gasteiger charge is -2.03. The minimum atomic E-state index is 0.229. The monoisotopic (exact) mass is 143 g/mol. The molecular formula is C6H9NOS. The van der Waals surface area contributed by atoms with Gasteiger partial charge in [0, 0.05) is 0 Å². The highest BCUT2D eigenvalue weighted by Crippen LogP contribution is 2.10. The van der Waals surface area contributed by atoms with Gasteiger partial charge in [0.25, 0.3) is 0 Å². The third-order valence-corrected chi connectivity index (χ3v) is 1.33. The Kier molecular flexibility index (Phi) is 2.05. The van der Waals surface area contributed by atoms with Crippen molar-refractivity contribution in [3.63, 3.8) is 0 Å². The minimum Gasteiger partial charge on any atom is -0.474 e. The fraction of sp³-hybridized carbons (Fsp3) is 0.500. The maximum Gasteiger partial charge on any atom is 0.224 e. The van der Waals surface area contributed by atoms with Crippen LogP contribution in [0, 0.1) is 0 Å². The molecule has 1 aromatic heterocycles. The van der Waals surface area contributed by atoms with Crippen LogP contribution in [0.25, 0.3) is 0 Å². The largest absolute Gasteiger partial charge is 0.474 e. The fourth-order valence-electron chi connectivity index (χ4n) is 0.501. The Labute approximate surface area is 58.5 Å². The van der Waals surface area contributed by atoms with Gasteiger partial charge in [0.2, 0.25) is 5.88 Å². The molecule has 0 aliphatic carbocycles. The predicted octanol–water partition coefficient (Wildman–Crippen LogP) is 1.93. The van der Waals surface area contributed by atoms with E-state index >= 15 is 0 Å². The van der Waals surface area contributed by atoms with E-state index in [1.807, 2.05) is 19.2 Å². The van der Waals surface area contributed by atoms with Gasteiger partial charge in [-0.3, -0.25) is 0 Å². The first-order chi connectivity index (χ1) is 4.29. The third-order valence-electron chi connectivity index (χ3n) is 0.766. The Morgan fingerprint density at radius 3 is 2.89 bits per heavy atom. The van der Waals surface area contributed by atoms with E-state index in [9.17, 15) is 0 Å². The van der Waals surface area contributed by atoms with Gasteiger partial charge >= 0.3 is 0 Å². The van der Waals surface area contributed by atoms with E-state index in [-0.39, 0.29) is 6.10 Å². The average Bonchev–Trinajstić information content (AvgIpc) is 2.15. The zero-order valence-electron chi connectivity index (χ0n) is 5.50. The van der Waals surface area contributed by atoms with Crippen molar-refractivity contribution in [2.75, 3.05) is 0 Å². The van der Waals surface area contributed by atoms with Crippen molar-refractivity contribution in [1.82, 2.24) is 4.98 Å². The molecule has 0 spiro atoms. The lowest BCUT2D eigenvalue weighted by Crippen LogP contribution is -2.05. The van der Waals surface area contributed by atoms with E-state index in [2.05, 4.69) is 4.98 Å². The molecule has 1 aromatic rings. The van der Waals surface area contributed by atoms with Crippen LogP contribution in [0.3, 0.4) is 0 Å². The molecule has 2 nitrogen and oxygen atoms in total. The number of nitrogens with zero attached hydrogens (tertiary/aromatic N) is 1. The normalized spacial score (nSPS) is 10.1. The molecule has 0 fully saturated rings. The molecule has 0 unspecified atom stereocenters. The molecule has 0 radical (unpaired) electrons. The van der Waals surface area contributed by atoms with Crippen LogP contribution >= 0.6 is 11.3 Å². The number of rotatable bonds is 2. The summed E-state index contributed by atoms with van der Waals surface area (Å²) >= 11 is 1.55. The highest BCUT2D eigenvalue weighted by molar-refractivity contribution is 7.07. The van der Waals surface area contributed by atoms with E-state index in [1.165, 1.54) is 0 Å². The second kappa shape index (κ2) is 2.82. The molecule has 0 bridgehead atoms. The summed E-state index contributed by atoms with van der Waals surface area (Å²) in [7, 11) is 0. The highest BCUT2D eigenvalue weighted by atomic mass is 32.1. The van der Waals surface area contributed by atoms with Gasteiger partial charge in [-0.25, -0.2) is 4.98 Å². The highest BCUT2D eigenvalue weighted by Gasteiger charge is 1.96.